The van der Waals surface area contributed by atoms with Gasteiger partial charge in [-0.3, -0.25) is 9.59 Å². The Bertz CT molecular complexity index is 1010. The minimum absolute atomic E-state index is 0.287. The molecule has 3 heterocycles. The normalized spacial score (nSPS) is 13.3. The first-order valence-electron chi connectivity index (χ1n) is 7.84. The van der Waals surface area contributed by atoms with Crippen molar-refractivity contribution >= 4 is 34.3 Å². The molecular formula is C18H16N4O3. The van der Waals surface area contributed by atoms with Crippen molar-refractivity contribution in [2.45, 2.75) is 6.54 Å². The number of carbonyl (C=O) groups excluding carboxylic acids is 1. The van der Waals surface area contributed by atoms with Gasteiger partial charge in [-0.15, -0.1) is 0 Å². The fraction of sp³-hybridized carbons (Fsp3) is 0.167. The van der Waals surface area contributed by atoms with E-state index >= 15 is 0 Å². The maximum absolute atomic E-state index is 12.5. The van der Waals surface area contributed by atoms with Crippen LogP contribution in [0.15, 0.2) is 42.7 Å². The highest BCUT2D eigenvalue weighted by Crippen LogP contribution is 2.30. The second-order valence-corrected chi connectivity index (χ2v) is 6.07. The Morgan fingerprint density at radius 3 is 2.96 bits per heavy atom. The van der Waals surface area contributed by atoms with E-state index in [0.29, 0.717) is 11.4 Å². The summed E-state index contributed by atoms with van der Waals surface area (Å²) in [5.74, 6) is -0.891. The lowest BCUT2D eigenvalue weighted by atomic mass is 10.1. The zero-order valence-electron chi connectivity index (χ0n) is 13.6. The number of hydrogen-bond donors (Lipinski definition) is 2. The van der Waals surface area contributed by atoms with Gasteiger partial charge in [-0.05, 0) is 35.9 Å². The fourth-order valence-electron chi connectivity index (χ4n) is 3.19. The predicted octanol–water partition coefficient (Wildman–Crippen LogP) is 2.36. The number of benzene rings is 1. The molecular weight excluding hydrogens is 320 g/mol. The Balaban J connectivity index is 1.67. The highest BCUT2D eigenvalue weighted by atomic mass is 16.4. The number of aliphatic carboxylic acids is 1. The molecule has 0 fully saturated rings. The van der Waals surface area contributed by atoms with Crippen molar-refractivity contribution in [3.05, 3.63) is 53.9 Å². The summed E-state index contributed by atoms with van der Waals surface area (Å²) in [5.41, 5.74) is 3.16. The van der Waals surface area contributed by atoms with Crippen LogP contribution in [0.5, 0.6) is 0 Å². The monoisotopic (exact) mass is 336 g/mol. The van der Waals surface area contributed by atoms with Crippen LogP contribution in [0.1, 0.15) is 15.9 Å². The van der Waals surface area contributed by atoms with Crippen LogP contribution in [0.2, 0.25) is 0 Å². The average molecular weight is 336 g/mol. The van der Waals surface area contributed by atoms with E-state index in [4.69, 9.17) is 5.11 Å². The molecule has 0 saturated carbocycles. The zero-order chi connectivity index (χ0) is 17.6. The number of aromatic nitrogens is 2. The van der Waals surface area contributed by atoms with Gasteiger partial charge in [0.05, 0.1) is 5.56 Å². The van der Waals surface area contributed by atoms with Gasteiger partial charge in [-0.1, -0.05) is 0 Å². The van der Waals surface area contributed by atoms with Crippen molar-refractivity contribution in [1.82, 2.24) is 14.5 Å². The first-order chi connectivity index (χ1) is 12.0. The van der Waals surface area contributed by atoms with E-state index in [-0.39, 0.29) is 19.0 Å². The molecule has 7 heteroatoms. The molecule has 2 N–H and O–H groups in total. The predicted molar refractivity (Wildman–Crippen MR) is 92.8 cm³/mol. The molecule has 0 bridgehead atoms. The van der Waals surface area contributed by atoms with Crippen molar-refractivity contribution in [3.8, 4) is 0 Å². The van der Waals surface area contributed by atoms with E-state index in [2.05, 4.69) is 10.3 Å². The lowest BCUT2D eigenvalue weighted by Crippen LogP contribution is -2.30. The standard InChI is InChI=1S/C18H16N4O3/c1-21-7-5-11-8-13(2-3-14(11)21)20-17-16-12(4-6-19-17)9-22(18(16)25)10-15(23)24/h2-8H,9-10H2,1H3,(H,19,20)(H,23,24). The number of carbonyl (C=O) groups is 2. The number of hydrogen-bond acceptors (Lipinski definition) is 4. The van der Waals surface area contributed by atoms with Crippen molar-refractivity contribution in [1.29, 1.82) is 0 Å². The Kier molecular flexibility index (Phi) is 3.42. The number of anilines is 2. The Morgan fingerprint density at radius 2 is 2.16 bits per heavy atom. The molecule has 4 rings (SSSR count). The van der Waals surface area contributed by atoms with Crippen molar-refractivity contribution in [3.63, 3.8) is 0 Å². The van der Waals surface area contributed by atoms with Crippen LogP contribution in [0.3, 0.4) is 0 Å². The van der Waals surface area contributed by atoms with Gasteiger partial charge < -0.3 is 19.9 Å². The third kappa shape index (κ3) is 2.59. The molecule has 0 aliphatic carbocycles. The van der Waals surface area contributed by atoms with Gasteiger partial charge >= 0.3 is 5.97 Å². The third-order valence-electron chi connectivity index (χ3n) is 4.37. The molecule has 0 radical (unpaired) electrons. The summed E-state index contributed by atoms with van der Waals surface area (Å²) in [6.45, 7) is -0.0294. The smallest absolute Gasteiger partial charge is 0.323 e. The van der Waals surface area contributed by atoms with Crippen LogP contribution in [0.4, 0.5) is 11.5 Å². The number of carboxylic acids is 1. The second kappa shape index (κ2) is 5.62. The Hall–Kier alpha value is -3.35. The van der Waals surface area contributed by atoms with E-state index in [9.17, 15) is 9.59 Å². The third-order valence-corrected chi connectivity index (χ3v) is 4.37. The van der Waals surface area contributed by atoms with E-state index in [1.54, 1.807) is 12.3 Å². The number of rotatable bonds is 4. The lowest BCUT2D eigenvalue weighted by molar-refractivity contribution is -0.137. The number of nitrogens with zero attached hydrogens (tertiary/aromatic N) is 3. The topological polar surface area (TPSA) is 87.5 Å². The molecule has 0 atom stereocenters. The largest absolute Gasteiger partial charge is 0.480 e. The van der Waals surface area contributed by atoms with Crippen molar-refractivity contribution < 1.29 is 14.7 Å². The highest BCUT2D eigenvalue weighted by molar-refractivity contribution is 6.04. The molecule has 0 saturated heterocycles. The molecule has 0 spiro atoms. The van der Waals surface area contributed by atoms with Gasteiger partial charge in [0.25, 0.3) is 5.91 Å². The molecule has 0 unspecified atom stereocenters. The van der Waals surface area contributed by atoms with Crippen LogP contribution in [-0.4, -0.2) is 38.0 Å². The molecule has 1 aliphatic heterocycles. The summed E-state index contributed by atoms with van der Waals surface area (Å²) in [5, 5.41) is 13.2. The maximum Gasteiger partial charge on any atom is 0.323 e. The zero-order valence-corrected chi connectivity index (χ0v) is 13.6. The number of pyridine rings is 1. The number of fused-ring (bicyclic) bond motifs is 2. The summed E-state index contributed by atoms with van der Waals surface area (Å²) >= 11 is 0. The first kappa shape index (κ1) is 15.2. The molecule has 1 aliphatic rings. The molecule has 126 valence electrons. The van der Waals surface area contributed by atoms with Gasteiger partial charge in [0, 0.05) is 42.6 Å². The average Bonchev–Trinajstić information content (AvgIpc) is 3.09. The van der Waals surface area contributed by atoms with Crippen LogP contribution in [0.25, 0.3) is 10.9 Å². The van der Waals surface area contributed by atoms with Gasteiger partial charge in [-0.25, -0.2) is 4.98 Å². The highest BCUT2D eigenvalue weighted by Gasteiger charge is 2.31. The van der Waals surface area contributed by atoms with Gasteiger partial charge in [-0.2, -0.15) is 0 Å². The van der Waals surface area contributed by atoms with Crippen LogP contribution >= 0.6 is 0 Å². The fourth-order valence-corrected chi connectivity index (χ4v) is 3.19. The van der Waals surface area contributed by atoms with E-state index in [0.717, 1.165) is 22.2 Å². The van der Waals surface area contributed by atoms with Gasteiger partial charge in [0.15, 0.2) is 0 Å². The van der Waals surface area contributed by atoms with E-state index < -0.39 is 5.97 Å². The second-order valence-electron chi connectivity index (χ2n) is 6.07. The van der Waals surface area contributed by atoms with Crippen LogP contribution < -0.4 is 5.32 Å². The van der Waals surface area contributed by atoms with Crippen molar-refractivity contribution in [2.24, 2.45) is 7.05 Å². The molecule has 25 heavy (non-hydrogen) atoms. The summed E-state index contributed by atoms with van der Waals surface area (Å²) in [4.78, 5) is 29.1. The number of amides is 1. The Morgan fingerprint density at radius 1 is 1.32 bits per heavy atom. The van der Waals surface area contributed by atoms with E-state index in [1.165, 1.54) is 4.90 Å². The minimum Gasteiger partial charge on any atom is -0.480 e. The number of nitrogens with one attached hydrogen (secondary N) is 1. The minimum atomic E-state index is -1.03. The number of aryl methyl sites for hydroxylation is 1. The van der Waals surface area contributed by atoms with E-state index in [1.807, 2.05) is 42.1 Å². The lowest BCUT2D eigenvalue weighted by Gasteiger charge is -2.12. The first-order valence-corrected chi connectivity index (χ1v) is 7.84. The molecule has 7 nitrogen and oxygen atoms in total. The summed E-state index contributed by atoms with van der Waals surface area (Å²) in [7, 11) is 1.98. The number of carboxylic acid groups (broad SMARTS) is 1. The maximum atomic E-state index is 12.5. The molecule has 1 aromatic carbocycles. The van der Waals surface area contributed by atoms with Crippen LogP contribution in [-0.2, 0) is 18.4 Å². The molecule has 1 amide bonds. The SMILES string of the molecule is Cn1ccc2cc(Nc3nccc4c3C(=O)N(CC(=O)O)C4)ccc21. The quantitative estimate of drug-likeness (QED) is 0.764. The van der Waals surface area contributed by atoms with Gasteiger partial charge in [0.1, 0.15) is 12.4 Å². The summed E-state index contributed by atoms with van der Waals surface area (Å²) in [6, 6.07) is 9.69. The molecule has 3 aromatic rings. The van der Waals surface area contributed by atoms with Gasteiger partial charge in [0.2, 0.25) is 0 Å². The summed E-state index contributed by atoms with van der Waals surface area (Å²) < 4.78 is 2.03. The summed E-state index contributed by atoms with van der Waals surface area (Å²) in [6.07, 6.45) is 3.61. The van der Waals surface area contributed by atoms with Crippen molar-refractivity contribution in [2.75, 3.05) is 11.9 Å². The molecule has 2 aromatic heterocycles. The van der Waals surface area contributed by atoms with Crippen LogP contribution in [0, 0.1) is 0 Å². The Labute approximate surface area is 143 Å².